The number of rotatable bonds is 4. The first-order valence-corrected chi connectivity index (χ1v) is 9.98. The van der Waals surface area contributed by atoms with E-state index in [2.05, 4.69) is 105 Å². The Labute approximate surface area is 173 Å². The monoisotopic (exact) mass is 378 g/mol. The van der Waals surface area contributed by atoms with Gasteiger partial charge in [-0.2, -0.15) is 0 Å². The van der Waals surface area contributed by atoms with Crippen LogP contribution in [0.3, 0.4) is 0 Å². The Kier molecular flexibility index (Phi) is 5.18. The third kappa shape index (κ3) is 4.07. The third-order valence-electron chi connectivity index (χ3n) is 5.26. The highest BCUT2D eigenvalue weighted by Gasteiger charge is 2.10. The van der Waals surface area contributed by atoms with Crippen molar-refractivity contribution >= 4 is 11.9 Å². The van der Waals surface area contributed by atoms with Gasteiger partial charge in [0.2, 0.25) is 0 Å². The van der Waals surface area contributed by atoms with E-state index in [0.717, 1.165) is 11.3 Å². The van der Waals surface area contributed by atoms with Crippen LogP contribution in [-0.4, -0.2) is 10.8 Å². The van der Waals surface area contributed by atoms with Gasteiger partial charge >= 0.3 is 0 Å². The molecule has 2 heteroatoms. The molecule has 1 heterocycles. The van der Waals surface area contributed by atoms with Gasteiger partial charge in [0, 0.05) is 28.9 Å². The van der Waals surface area contributed by atoms with Gasteiger partial charge in [-0.1, -0.05) is 48.5 Å². The summed E-state index contributed by atoms with van der Waals surface area (Å²) in [6, 6.07) is 27.7. The van der Waals surface area contributed by atoms with Gasteiger partial charge in [0.1, 0.15) is 0 Å². The Balaban J connectivity index is 1.61. The molecule has 0 bridgehead atoms. The van der Waals surface area contributed by atoms with Gasteiger partial charge in [0.25, 0.3) is 0 Å². The topological polar surface area (TPSA) is 17.3 Å². The number of aryl methyl sites for hydroxylation is 3. The van der Waals surface area contributed by atoms with Crippen LogP contribution in [0.5, 0.6) is 0 Å². The summed E-state index contributed by atoms with van der Waals surface area (Å²) < 4.78 is 2.31. The molecule has 0 N–H and O–H groups in total. The lowest BCUT2D eigenvalue weighted by Gasteiger charge is -2.11. The Bertz CT molecular complexity index is 1140. The fourth-order valence-electron chi connectivity index (χ4n) is 3.91. The molecule has 144 valence electrons. The van der Waals surface area contributed by atoms with E-state index in [9.17, 15) is 0 Å². The number of hydrogen-bond acceptors (Lipinski definition) is 1. The fourth-order valence-corrected chi connectivity index (χ4v) is 3.91. The highest BCUT2D eigenvalue weighted by atomic mass is 15.0. The molecule has 2 nitrogen and oxygen atoms in total. The zero-order chi connectivity index (χ0) is 20.4. The van der Waals surface area contributed by atoms with Gasteiger partial charge in [-0.3, -0.25) is 4.99 Å². The molecule has 0 atom stereocenters. The van der Waals surface area contributed by atoms with Crippen LogP contribution in [0.25, 0.3) is 16.8 Å². The summed E-state index contributed by atoms with van der Waals surface area (Å²) in [5.74, 6) is 0. The largest absolute Gasteiger partial charge is 0.318 e. The predicted octanol–water partition coefficient (Wildman–Crippen LogP) is 7.13. The molecular weight excluding hydrogens is 352 g/mol. The van der Waals surface area contributed by atoms with Crippen molar-refractivity contribution in [1.29, 1.82) is 0 Å². The average Bonchev–Trinajstić information content (AvgIpc) is 3.00. The smallest absolute Gasteiger partial charge is 0.0630 e. The number of benzene rings is 3. The summed E-state index contributed by atoms with van der Waals surface area (Å²) in [6.07, 6.45) is 1.97. The highest BCUT2D eigenvalue weighted by molar-refractivity contribution is 5.84. The van der Waals surface area contributed by atoms with Crippen LogP contribution < -0.4 is 0 Å². The quantitative estimate of drug-likeness (QED) is 0.336. The maximum Gasteiger partial charge on any atom is 0.0630 e. The van der Waals surface area contributed by atoms with Crippen LogP contribution >= 0.6 is 0 Å². The zero-order valence-electron chi connectivity index (χ0n) is 17.5. The van der Waals surface area contributed by atoms with E-state index >= 15 is 0 Å². The molecular formula is C27H26N2. The molecule has 4 rings (SSSR count). The van der Waals surface area contributed by atoms with Gasteiger partial charge in [0.15, 0.2) is 0 Å². The van der Waals surface area contributed by atoms with Gasteiger partial charge in [-0.15, -0.1) is 0 Å². The highest BCUT2D eigenvalue weighted by Crippen LogP contribution is 2.24. The van der Waals surface area contributed by atoms with E-state index in [-0.39, 0.29) is 0 Å². The first-order valence-electron chi connectivity index (χ1n) is 9.98. The van der Waals surface area contributed by atoms with E-state index < -0.39 is 0 Å². The predicted molar refractivity (Wildman–Crippen MR) is 124 cm³/mol. The lowest BCUT2D eigenvalue weighted by Crippen LogP contribution is -2.00. The molecule has 0 radical (unpaired) electrons. The molecule has 4 aromatic rings. The Morgan fingerprint density at radius 2 is 1.31 bits per heavy atom. The Hall–Kier alpha value is -3.39. The summed E-state index contributed by atoms with van der Waals surface area (Å²) in [4.78, 5) is 4.72. The number of hydrogen-bond donors (Lipinski definition) is 0. The molecule has 0 aliphatic heterocycles. The molecule has 0 saturated carbocycles. The molecule has 0 spiro atoms. The summed E-state index contributed by atoms with van der Waals surface area (Å²) in [5.41, 5.74) is 10.7. The van der Waals surface area contributed by atoms with Gasteiger partial charge in [-0.05, 0) is 80.3 Å². The van der Waals surface area contributed by atoms with Crippen molar-refractivity contribution in [3.05, 3.63) is 107 Å². The maximum atomic E-state index is 4.72. The lowest BCUT2D eigenvalue weighted by molar-refractivity contribution is 0.960. The van der Waals surface area contributed by atoms with Crippen molar-refractivity contribution in [2.75, 3.05) is 0 Å². The molecule has 29 heavy (non-hydrogen) atoms. The number of aliphatic imine (C=N–C) groups is 1. The lowest BCUT2D eigenvalue weighted by atomic mass is 10.1. The minimum absolute atomic E-state index is 0.959. The first kappa shape index (κ1) is 18.9. The van der Waals surface area contributed by atoms with E-state index in [0.29, 0.717) is 0 Å². The second-order valence-electron chi connectivity index (χ2n) is 7.68. The maximum absolute atomic E-state index is 4.72. The minimum Gasteiger partial charge on any atom is -0.318 e. The summed E-state index contributed by atoms with van der Waals surface area (Å²) in [5, 5.41) is 0. The average molecular weight is 379 g/mol. The molecule has 0 amide bonds. The van der Waals surface area contributed by atoms with Gasteiger partial charge in [-0.25, -0.2) is 0 Å². The zero-order valence-corrected chi connectivity index (χ0v) is 17.5. The van der Waals surface area contributed by atoms with E-state index in [1.165, 1.54) is 39.3 Å². The molecule has 0 saturated heterocycles. The summed E-state index contributed by atoms with van der Waals surface area (Å²) in [6.45, 7) is 8.60. The van der Waals surface area contributed by atoms with Crippen molar-refractivity contribution in [3.8, 4) is 16.8 Å². The van der Waals surface area contributed by atoms with Crippen LogP contribution in [0.1, 0.15) is 28.1 Å². The SMILES string of the molecule is Cc1cc(C)cc(-n2c(C)cc(C=Nc3ccc(-c4ccccc4)cc3)c2C)c1. The first-order chi connectivity index (χ1) is 14.0. The van der Waals surface area contributed by atoms with Crippen molar-refractivity contribution in [3.63, 3.8) is 0 Å². The van der Waals surface area contributed by atoms with Crippen molar-refractivity contribution in [2.24, 2.45) is 4.99 Å². The van der Waals surface area contributed by atoms with Crippen LogP contribution in [-0.2, 0) is 0 Å². The van der Waals surface area contributed by atoms with E-state index in [4.69, 9.17) is 4.99 Å². The normalized spacial score (nSPS) is 11.3. The van der Waals surface area contributed by atoms with E-state index in [1.807, 2.05) is 12.3 Å². The summed E-state index contributed by atoms with van der Waals surface area (Å²) in [7, 11) is 0. The molecule has 0 aliphatic rings. The van der Waals surface area contributed by atoms with Crippen molar-refractivity contribution < 1.29 is 0 Å². The molecule has 1 aromatic heterocycles. The van der Waals surface area contributed by atoms with Gasteiger partial charge < -0.3 is 4.57 Å². The molecule has 0 aliphatic carbocycles. The van der Waals surface area contributed by atoms with Crippen LogP contribution in [0.15, 0.2) is 83.9 Å². The number of aromatic nitrogens is 1. The van der Waals surface area contributed by atoms with Crippen LogP contribution in [0.4, 0.5) is 5.69 Å². The standard InChI is InChI=1S/C27H26N2/c1-19-14-20(2)16-27(15-19)29-21(3)17-25(22(29)4)18-28-26-12-10-24(11-13-26)23-8-6-5-7-9-23/h5-18H,1-4H3. The van der Waals surface area contributed by atoms with Crippen LogP contribution in [0, 0.1) is 27.7 Å². The Morgan fingerprint density at radius 3 is 1.97 bits per heavy atom. The van der Waals surface area contributed by atoms with Crippen LogP contribution in [0.2, 0.25) is 0 Å². The second kappa shape index (κ2) is 7.92. The second-order valence-corrected chi connectivity index (χ2v) is 7.68. The summed E-state index contributed by atoms with van der Waals surface area (Å²) >= 11 is 0. The third-order valence-corrected chi connectivity index (χ3v) is 5.26. The minimum atomic E-state index is 0.959. The van der Waals surface area contributed by atoms with Gasteiger partial charge in [0.05, 0.1) is 5.69 Å². The number of nitrogens with zero attached hydrogens (tertiary/aromatic N) is 2. The molecule has 0 unspecified atom stereocenters. The fraction of sp³-hybridized carbons (Fsp3) is 0.148. The molecule has 3 aromatic carbocycles. The Morgan fingerprint density at radius 1 is 0.690 bits per heavy atom. The van der Waals surface area contributed by atoms with Crippen molar-refractivity contribution in [2.45, 2.75) is 27.7 Å². The van der Waals surface area contributed by atoms with Crippen molar-refractivity contribution in [1.82, 2.24) is 4.57 Å². The van der Waals surface area contributed by atoms with E-state index in [1.54, 1.807) is 0 Å². The molecule has 0 fully saturated rings.